The van der Waals surface area contributed by atoms with Gasteiger partial charge in [0.2, 0.25) is 0 Å². The average molecular weight is 383 g/mol. The Hall–Kier alpha value is -2.25. The molecule has 1 aromatic carbocycles. The number of carboxylic acids is 1. The number of aliphatic hydroxyl groups is 1. The Morgan fingerprint density at radius 1 is 1.39 bits per heavy atom. The number of para-hydroxylation sites is 1. The Balaban J connectivity index is 1.70. The van der Waals surface area contributed by atoms with E-state index in [0.29, 0.717) is 24.7 Å². The molecule has 1 heterocycles. The summed E-state index contributed by atoms with van der Waals surface area (Å²) in [5.41, 5.74) is 2.35. The van der Waals surface area contributed by atoms with Gasteiger partial charge in [-0.3, -0.25) is 4.79 Å². The van der Waals surface area contributed by atoms with Crippen LogP contribution in [0.1, 0.15) is 63.0 Å². The van der Waals surface area contributed by atoms with Crippen LogP contribution in [0.3, 0.4) is 0 Å². The summed E-state index contributed by atoms with van der Waals surface area (Å²) in [6, 6.07) is 6.25. The van der Waals surface area contributed by atoms with Crippen LogP contribution in [0.5, 0.6) is 5.75 Å². The van der Waals surface area contributed by atoms with Gasteiger partial charge in [0, 0.05) is 24.3 Å². The number of carbonyl (C=O) groups is 1. The molecule has 0 saturated heterocycles. The van der Waals surface area contributed by atoms with E-state index in [1.165, 1.54) is 5.56 Å². The third-order valence-corrected chi connectivity index (χ3v) is 5.98. The summed E-state index contributed by atoms with van der Waals surface area (Å²) in [7, 11) is 0. The summed E-state index contributed by atoms with van der Waals surface area (Å²) in [5, 5.41) is 19.3. The molecule has 3 rings (SSSR count). The molecule has 0 bridgehead atoms. The average Bonchev–Trinajstić information content (AvgIpc) is 3.24. The van der Waals surface area contributed by atoms with Crippen molar-refractivity contribution in [3.05, 3.63) is 41.5 Å². The quantitative estimate of drug-likeness (QED) is 0.519. The molecular weight excluding hydrogens is 352 g/mol. The molecule has 1 aliphatic heterocycles. The Morgan fingerprint density at radius 3 is 2.96 bits per heavy atom. The second-order valence-electron chi connectivity index (χ2n) is 7.99. The maximum atomic E-state index is 10.8. The molecular formula is C24H30O4. The number of aryl methyl sites for hydroxylation is 1. The number of carboxylic acid groups (broad SMARTS) is 1. The predicted molar refractivity (Wildman–Crippen MR) is 109 cm³/mol. The molecule has 150 valence electrons. The van der Waals surface area contributed by atoms with Crippen molar-refractivity contribution < 1.29 is 19.7 Å². The second-order valence-corrected chi connectivity index (χ2v) is 7.99. The fourth-order valence-electron chi connectivity index (χ4n) is 4.39. The third kappa shape index (κ3) is 4.59. The third-order valence-electron chi connectivity index (χ3n) is 5.98. The van der Waals surface area contributed by atoms with Crippen LogP contribution in [0, 0.1) is 23.7 Å². The first-order valence-electron chi connectivity index (χ1n) is 10.3. The van der Waals surface area contributed by atoms with Crippen LogP contribution >= 0.6 is 0 Å². The van der Waals surface area contributed by atoms with E-state index in [1.807, 2.05) is 26.0 Å². The van der Waals surface area contributed by atoms with Crippen molar-refractivity contribution in [1.29, 1.82) is 0 Å². The van der Waals surface area contributed by atoms with Crippen LogP contribution in [0.25, 0.3) is 0 Å². The lowest BCUT2D eigenvalue weighted by Gasteiger charge is -2.17. The Kier molecular flexibility index (Phi) is 6.80. The van der Waals surface area contributed by atoms with E-state index in [1.54, 1.807) is 0 Å². The van der Waals surface area contributed by atoms with Crippen molar-refractivity contribution in [2.24, 2.45) is 11.8 Å². The molecule has 0 radical (unpaired) electrons. The zero-order chi connectivity index (χ0) is 20.1. The molecule has 0 spiro atoms. The topological polar surface area (TPSA) is 66.8 Å². The number of aliphatic carboxylic acids is 1. The zero-order valence-corrected chi connectivity index (χ0v) is 16.7. The van der Waals surface area contributed by atoms with Crippen LogP contribution in [0.2, 0.25) is 0 Å². The zero-order valence-electron chi connectivity index (χ0n) is 16.7. The lowest BCUT2D eigenvalue weighted by molar-refractivity contribution is -0.137. The number of hydrogen-bond donors (Lipinski definition) is 2. The summed E-state index contributed by atoms with van der Waals surface area (Å²) in [6.45, 7) is 3.84. The lowest BCUT2D eigenvalue weighted by atomic mass is 9.86. The molecule has 1 aliphatic carbocycles. The van der Waals surface area contributed by atoms with Gasteiger partial charge in [-0.05, 0) is 50.0 Å². The van der Waals surface area contributed by atoms with Crippen LogP contribution in [0.4, 0.5) is 0 Å². The van der Waals surface area contributed by atoms with E-state index in [-0.39, 0.29) is 18.4 Å². The van der Waals surface area contributed by atoms with Crippen molar-refractivity contribution in [1.82, 2.24) is 0 Å². The minimum atomic E-state index is -0.756. The van der Waals surface area contributed by atoms with E-state index in [2.05, 4.69) is 30.0 Å². The van der Waals surface area contributed by atoms with Crippen LogP contribution in [-0.2, 0) is 11.2 Å². The number of hydrogen-bond acceptors (Lipinski definition) is 3. The maximum Gasteiger partial charge on any atom is 0.303 e. The highest BCUT2D eigenvalue weighted by atomic mass is 16.5. The summed E-state index contributed by atoms with van der Waals surface area (Å²) in [6.07, 6.45) is 8.10. The van der Waals surface area contributed by atoms with Crippen molar-refractivity contribution in [2.75, 3.05) is 0 Å². The Morgan fingerprint density at radius 2 is 2.21 bits per heavy atom. The SMILES string of the molecule is CC#CCC(C)C(O)/C=C/C1CCC2Oc3c(CCCC(=O)O)cccc3C12. The lowest BCUT2D eigenvalue weighted by Crippen LogP contribution is -2.17. The highest BCUT2D eigenvalue weighted by Gasteiger charge is 2.44. The van der Waals surface area contributed by atoms with E-state index < -0.39 is 12.1 Å². The van der Waals surface area contributed by atoms with Gasteiger partial charge < -0.3 is 14.9 Å². The van der Waals surface area contributed by atoms with Crippen molar-refractivity contribution in [3.63, 3.8) is 0 Å². The van der Waals surface area contributed by atoms with Crippen molar-refractivity contribution in [3.8, 4) is 17.6 Å². The largest absolute Gasteiger partial charge is 0.489 e. The molecule has 2 N–H and O–H groups in total. The van der Waals surface area contributed by atoms with Crippen LogP contribution in [-0.4, -0.2) is 28.4 Å². The summed E-state index contributed by atoms with van der Waals surface area (Å²) in [4.78, 5) is 10.8. The van der Waals surface area contributed by atoms with E-state index in [4.69, 9.17) is 9.84 Å². The normalized spacial score (nSPS) is 24.8. The monoisotopic (exact) mass is 382 g/mol. The van der Waals surface area contributed by atoms with Crippen LogP contribution in [0.15, 0.2) is 30.4 Å². The highest BCUT2D eigenvalue weighted by molar-refractivity contribution is 5.66. The minimum Gasteiger partial charge on any atom is -0.489 e. The first-order valence-corrected chi connectivity index (χ1v) is 10.3. The van der Waals surface area contributed by atoms with Gasteiger partial charge in [0.1, 0.15) is 11.9 Å². The maximum absolute atomic E-state index is 10.8. The van der Waals surface area contributed by atoms with Gasteiger partial charge in [-0.15, -0.1) is 11.8 Å². The number of ether oxygens (including phenoxy) is 1. The van der Waals surface area contributed by atoms with Gasteiger partial charge in [-0.1, -0.05) is 37.3 Å². The molecule has 1 fully saturated rings. The molecule has 5 unspecified atom stereocenters. The number of fused-ring (bicyclic) bond motifs is 3. The molecule has 4 nitrogen and oxygen atoms in total. The smallest absolute Gasteiger partial charge is 0.303 e. The molecule has 2 aliphatic rings. The molecule has 1 aromatic rings. The van der Waals surface area contributed by atoms with Crippen molar-refractivity contribution >= 4 is 5.97 Å². The van der Waals surface area contributed by atoms with Gasteiger partial charge in [-0.25, -0.2) is 0 Å². The molecule has 28 heavy (non-hydrogen) atoms. The van der Waals surface area contributed by atoms with E-state index >= 15 is 0 Å². The summed E-state index contributed by atoms with van der Waals surface area (Å²) in [5.74, 6) is 6.93. The second kappa shape index (κ2) is 9.30. The summed E-state index contributed by atoms with van der Waals surface area (Å²) >= 11 is 0. The van der Waals surface area contributed by atoms with Crippen molar-refractivity contribution in [2.45, 2.75) is 70.5 Å². The van der Waals surface area contributed by atoms with Gasteiger partial charge in [0.15, 0.2) is 0 Å². The van der Waals surface area contributed by atoms with Gasteiger partial charge in [-0.2, -0.15) is 0 Å². The number of benzene rings is 1. The fourth-order valence-corrected chi connectivity index (χ4v) is 4.39. The van der Waals surface area contributed by atoms with E-state index in [9.17, 15) is 9.90 Å². The highest BCUT2D eigenvalue weighted by Crippen LogP contribution is 2.51. The minimum absolute atomic E-state index is 0.119. The summed E-state index contributed by atoms with van der Waals surface area (Å²) < 4.78 is 6.30. The Labute approximate surface area is 167 Å². The number of aliphatic hydroxyl groups excluding tert-OH is 1. The fraction of sp³-hybridized carbons (Fsp3) is 0.542. The number of allylic oxidation sites excluding steroid dienone is 1. The first-order chi connectivity index (χ1) is 13.5. The molecule has 0 amide bonds. The first kappa shape index (κ1) is 20.5. The van der Waals surface area contributed by atoms with Crippen LogP contribution < -0.4 is 4.74 Å². The Bertz CT molecular complexity index is 786. The number of rotatable bonds is 8. The standard InChI is InChI=1S/C24H30O4/c1-3-4-7-16(2)20(25)14-12-17-13-15-21-23(17)19-10-5-8-18(24(19)28-21)9-6-11-22(26)27/h5,8,10,12,14,16-17,20-21,23,25H,6-7,9,11,13,15H2,1-2H3,(H,26,27)/b14-12+. The molecule has 1 saturated carbocycles. The van der Waals surface area contributed by atoms with E-state index in [0.717, 1.165) is 30.6 Å². The van der Waals surface area contributed by atoms with Gasteiger partial charge >= 0.3 is 5.97 Å². The molecule has 0 aromatic heterocycles. The molecule has 5 atom stereocenters. The van der Waals surface area contributed by atoms with Gasteiger partial charge in [0.05, 0.1) is 6.10 Å². The predicted octanol–water partition coefficient (Wildman–Crippen LogP) is 4.32. The van der Waals surface area contributed by atoms with Gasteiger partial charge in [0.25, 0.3) is 0 Å². The molecule has 4 heteroatoms.